The third kappa shape index (κ3) is 3.55. The minimum absolute atomic E-state index is 0.0972. The molecule has 0 aliphatic carbocycles. The zero-order chi connectivity index (χ0) is 19.6. The van der Waals surface area contributed by atoms with Gasteiger partial charge in [-0.1, -0.05) is 23.4 Å². The average molecular weight is 366 g/mol. The van der Waals surface area contributed by atoms with Crippen LogP contribution in [-0.4, -0.2) is 23.3 Å². The van der Waals surface area contributed by atoms with Crippen molar-refractivity contribution in [1.29, 1.82) is 0 Å². The maximum Gasteiger partial charge on any atom is 0.170 e. The van der Waals surface area contributed by atoms with Crippen molar-refractivity contribution >= 4 is 5.84 Å². The Bertz CT molecular complexity index is 1010. The summed E-state index contributed by atoms with van der Waals surface area (Å²) in [6, 6.07) is 14.5. The van der Waals surface area contributed by atoms with Crippen molar-refractivity contribution in [3.63, 3.8) is 0 Å². The summed E-state index contributed by atoms with van der Waals surface area (Å²) in [6.07, 6.45) is 0. The maximum absolute atomic E-state index is 14.1. The van der Waals surface area contributed by atoms with E-state index in [0.29, 0.717) is 22.4 Å². The first-order valence-corrected chi connectivity index (χ1v) is 8.20. The molecule has 0 heterocycles. The van der Waals surface area contributed by atoms with Crippen molar-refractivity contribution in [1.82, 2.24) is 0 Å². The van der Waals surface area contributed by atoms with Crippen LogP contribution in [0.4, 0.5) is 4.39 Å². The minimum atomic E-state index is -0.437. The van der Waals surface area contributed by atoms with E-state index in [2.05, 4.69) is 5.16 Å². The molecule has 138 valence electrons. The van der Waals surface area contributed by atoms with Crippen LogP contribution in [0, 0.1) is 12.7 Å². The quantitative estimate of drug-likeness (QED) is 0.278. The Morgan fingerprint density at radius 3 is 2.37 bits per heavy atom. The Morgan fingerprint density at radius 2 is 1.74 bits per heavy atom. The van der Waals surface area contributed by atoms with E-state index < -0.39 is 5.82 Å². The highest BCUT2D eigenvalue weighted by molar-refractivity contribution is 6.07. The van der Waals surface area contributed by atoms with Crippen LogP contribution in [0.3, 0.4) is 0 Å². The number of nitrogens with zero attached hydrogens (tertiary/aromatic N) is 1. The van der Waals surface area contributed by atoms with E-state index in [0.717, 1.165) is 16.7 Å². The number of amidine groups is 1. The van der Waals surface area contributed by atoms with E-state index in [9.17, 15) is 14.7 Å². The second-order valence-electron chi connectivity index (χ2n) is 6.11. The highest BCUT2D eigenvalue weighted by Crippen LogP contribution is 2.41. The number of rotatable bonds is 4. The van der Waals surface area contributed by atoms with E-state index in [4.69, 9.17) is 10.5 Å². The first-order chi connectivity index (χ1) is 12.9. The van der Waals surface area contributed by atoms with Gasteiger partial charge in [0.15, 0.2) is 5.84 Å². The number of halogens is 1. The molecule has 0 atom stereocenters. The van der Waals surface area contributed by atoms with Crippen LogP contribution in [-0.2, 0) is 0 Å². The lowest BCUT2D eigenvalue weighted by molar-refractivity contribution is 0.318. The molecule has 27 heavy (non-hydrogen) atoms. The molecule has 6 heteroatoms. The Morgan fingerprint density at radius 1 is 1.04 bits per heavy atom. The summed E-state index contributed by atoms with van der Waals surface area (Å²) in [4.78, 5) is 0. The van der Waals surface area contributed by atoms with Gasteiger partial charge in [-0.2, -0.15) is 0 Å². The third-order valence-corrected chi connectivity index (χ3v) is 4.28. The lowest BCUT2D eigenvalue weighted by Gasteiger charge is -2.18. The summed E-state index contributed by atoms with van der Waals surface area (Å²) < 4.78 is 19.5. The lowest BCUT2D eigenvalue weighted by Crippen LogP contribution is -2.15. The number of oxime groups is 1. The fourth-order valence-electron chi connectivity index (χ4n) is 3.08. The molecule has 0 amide bonds. The topological polar surface area (TPSA) is 88.1 Å². The highest BCUT2D eigenvalue weighted by atomic mass is 19.1. The molecule has 0 aliphatic rings. The van der Waals surface area contributed by atoms with E-state index >= 15 is 0 Å². The van der Waals surface area contributed by atoms with Gasteiger partial charge in [0.1, 0.15) is 17.3 Å². The molecule has 0 unspecified atom stereocenters. The van der Waals surface area contributed by atoms with Gasteiger partial charge in [-0.25, -0.2) is 4.39 Å². The number of phenols is 1. The van der Waals surface area contributed by atoms with Gasteiger partial charge in [-0.15, -0.1) is 0 Å². The standard InChI is InChI=1S/C21H19FN2O3/c1-12-9-16(13-3-6-15(25)7-4-13)20(18(10-12)21(23)24-26)17-11-14(22)5-8-19(17)27-2/h3-11,25-26H,1-2H3,(H2,23,24). The number of aryl methyl sites for hydroxylation is 1. The van der Waals surface area contributed by atoms with E-state index in [1.807, 2.05) is 13.0 Å². The van der Waals surface area contributed by atoms with Gasteiger partial charge >= 0.3 is 0 Å². The Kier molecular flexibility index (Phi) is 4.98. The minimum Gasteiger partial charge on any atom is -0.508 e. The largest absolute Gasteiger partial charge is 0.508 e. The van der Waals surface area contributed by atoms with E-state index in [1.165, 1.54) is 25.3 Å². The van der Waals surface area contributed by atoms with Crippen LogP contribution in [0.25, 0.3) is 22.3 Å². The lowest BCUT2D eigenvalue weighted by atomic mass is 9.88. The molecule has 0 aliphatic heterocycles. The monoisotopic (exact) mass is 366 g/mol. The van der Waals surface area contributed by atoms with E-state index in [1.54, 1.807) is 30.3 Å². The van der Waals surface area contributed by atoms with Crippen LogP contribution in [0.1, 0.15) is 11.1 Å². The van der Waals surface area contributed by atoms with Crippen molar-refractivity contribution < 1.29 is 19.4 Å². The zero-order valence-corrected chi connectivity index (χ0v) is 14.9. The number of nitrogens with two attached hydrogens (primary N) is 1. The number of methoxy groups -OCH3 is 1. The van der Waals surface area contributed by atoms with Gasteiger partial charge in [-0.05, 0) is 60.0 Å². The molecule has 0 fully saturated rings. The molecule has 0 saturated heterocycles. The van der Waals surface area contributed by atoms with Crippen molar-refractivity contribution in [3.8, 4) is 33.8 Å². The summed E-state index contributed by atoms with van der Waals surface area (Å²) >= 11 is 0. The molecule has 0 spiro atoms. The summed E-state index contributed by atoms with van der Waals surface area (Å²) in [5.41, 5.74) is 9.81. The van der Waals surface area contributed by atoms with Gasteiger partial charge in [0.05, 0.1) is 7.11 Å². The fraction of sp³-hybridized carbons (Fsp3) is 0.0952. The van der Waals surface area contributed by atoms with Crippen molar-refractivity contribution in [3.05, 3.63) is 71.5 Å². The molecule has 5 nitrogen and oxygen atoms in total. The van der Waals surface area contributed by atoms with Crippen LogP contribution in [0.5, 0.6) is 11.5 Å². The predicted octanol–water partition coefficient (Wildman–Crippen LogP) is 4.28. The van der Waals surface area contributed by atoms with Crippen LogP contribution < -0.4 is 10.5 Å². The molecule has 0 bridgehead atoms. The molecule has 3 rings (SSSR count). The summed E-state index contributed by atoms with van der Waals surface area (Å²) in [7, 11) is 1.49. The van der Waals surface area contributed by atoms with Gasteiger partial charge in [0, 0.05) is 16.7 Å². The first kappa shape index (κ1) is 18.3. The number of hydrogen-bond donors (Lipinski definition) is 3. The van der Waals surface area contributed by atoms with Gasteiger partial charge in [-0.3, -0.25) is 0 Å². The third-order valence-electron chi connectivity index (χ3n) is 4.28. The molecular weight excluding hydrogens is 347 g/mol. The second kappa shape index (κ2) is 7.37. The fourth-order valence-corrected chi connectivity index (χ4v) is 3.08. The smallest absolute Gasteiger partial charge is 0.170 e. The van der Waals surface area contributed by atoms with Crippen molar-refractivity contribution in [2.24, 2.45) is 10.9 Å². The predicted molar refractivity (Wildman–Crippen MR) is 103 cm³/mol. The van der Waals surface area contributed by atoms with Crippen LogP contribution in [0.15, 0.2) is 59.8 Å². The molecule has 3 aromatic carbocycles. The van der Waals surface area contributed by atoms with Gasteiger partial charge in [0.25, 0.3) is 0 Å². The SMILES string of the molecule is COc1ccc(F)cc1-c1c(/C(N)=N/O)cc(C)cc1-c1ccc(O)cc1. The average Bonchev–Trinajstić information content (AvgIpc) is 2.67. The zero-order valence-electron chi connectivity index (χ0n) is 14.9. The van der Waals surface area contributed by atoms with Crippen LogP contribution >= 0.6 is 0 Å². The van der Waals surface area contributed by atoms with Crippen molar-refractivity contribution in [2.75, 3.05) is 7.11 Å². The summed E-state index contributed by atoms with van der Waals surface area (Å²) in [5, 5.41) is 22.0. The number of aromatic hydroxyl groups is 1. The number of hydrogen-bond acceptors (Lipinski definition) is 4. The molecule has 0 saturated carbocycles. The van der Waals surface area contributed by atoms with Crippen molar-refractivity contribution in [2.45, 2.75) is 6.92 Å². The maximum atomic E-state index is 14.1. The van der Waals surface area contributed by atoms with Gasteiger partial charge < -0.3 is 20.8 Å². The van der Waals surface area contributed by atoms with E-state index in [-0.39, 0.29) is 11.6 Å². The Hall–Kier alpha value is -3.54. The number of benzene rings is 3. The first-order valence-electron chi connectivity index (χ1n) is 8.20. The number of phenolic OH excluding ortho intramolecular Hbond substituents is 1. The highest BCUT2D eigenvalue weighted by Gasteiger charge is 2.20. The Labute approximate surface area is 156 Å². The normalized spacial score (nSPS) is 11.4. The summed E-state index contributed by atoms with van der Waals surface area (Å²) in [6.45, 7) is 1.88. The van der Waals surface area contributed by atoms with Crippen LogP contribution in [0.2, 0.25) is 0 Å². The Balaban J connectivity index is 2.43. The second-order valence-corrected chi connectivity index (χ2v) is 6.11. The molecule has 0 aromatic heterocycles. The number of ether oxygens (including phenoxy) is 1. The molecule has 3 aromatic rings. The van der Waals surface area contributed by atoms with Gasteiger partial charge in [0.2, 0.25) is 0 Å². The molecule has 0 radical (unpaired) electrons. The molecular formula is C21H19FN2O3. The molecule has 4 N–H and O–H groups in total. The summed E-state index contributed by atoms with van der Waals surface area (Å²) in [5.74, 6) is 0.0498.